The molecule has 1 atom stereocenters. The summed E-state index contributed by atoms with van der Waals surface area (Å²) in [5.41, 5.74) is 5.33. The molecule has 2 heterocycles. The molecule has 0 fully saturated rings. The smallest absolute Gasteiger partial charge is 0.303 e. The van der Waals surface area contributed by atoms with E-state index in [4.69, 9.17) is 9.84 Å². The number of nitrogens with zero attached hydrogens (tertiary/aromatic N) is 1. The van der Waals surface area contributed by atoms with Crippen LogP contribution in [0.4, 0.5) is 0 Å². The molecular formula is C33H35NO4. The van der Waals surface area contributed by atoms with Gasteiger partial charge in [-0.3, -0.25) is 9.59 Å². The minimum Gasteiger partial charge on any atom is -0.485 e. The van der Waals surface area contributed by atoms with Gasteiger partial charge < -0.3 is 14.2 Å². The Balaban J connectivity index is 1.51. The highest BCUT2D eigenvalue weighted by atomic mass is 16.5. The Morgan fingerprint density at radius 2 is 1.76 bits per heavy atom. The molecule has 0 spiro atoms. The minimum absolute atomic E-state index is 0.0758. The lowest BCUT2D eigenvalue weighted by molar-refractivity contribution is -0.137. The summed E-state index contributed by atoms with van der Waals surface area (Å²) in [5, 5.41) is 8.98. The highest BCUT2D eigenvalue weighted by Gasteiger charge is 2.18. The van der Waals surface area contributed by atoms with Gasteiger partial charge in [0.1, 0.15) is 11.9 Å². The van der Waals surface area contributed by atoms with Crippen molar-refractivity contribution < 1.29 is 19.4 Å². The number of ketones is 1. The molecule has 0 saturated carbocycles. The van der Waals surface area contributed by atoms with Crippen molar-refractivity contribution in [3.63, 3.8) is 0 Å². The number of carboxylic acid groups (broad SMARTS) is 1. The van der Waals surface area contributed by atoms with Gasteiger partial charge in [0.25, 0.3) is 0 Å². The first-order valence-electron chi connectivity index (χ1n) is 13.2. The molecule has 0 bridgehead atoms. The van der Waals surface area contributed by atoms with E-state index in [-0.39, 0.29) is 18.3 Å². The van der Waals surface area contributed by atoms with Crippen molar-refractivity contribution in [1.82, 2.24) is 4.40 Å². The third-order valence-corrected chi connectivity index (χ3v) is 6.60. The van der Waals surface area contributed by atoms with Gasteiger partial charge in [-0.25, -0.2) is 0 Å². The minimum atomic E-state index is -0.817. The van der Waals surface area contributed by atoms with E-state index in [9.17, 15) is 9.59 Å². The maximum atomic E-state index is 13.5. The van der Waals surface area contributed by atoms with Gasteiger partial charge in [0, 0.05) is 35.9 Å². The van der Waals surface area contributed by atoms with Gasteiger partial charge in [0.05, 0.1) is 5.52 Å². The van der Waals surface area contributed by atoms with Crippen molar-refractivity contribution in [2.45, 2.75) is 52.1 Å². The second-order valence-corrected chi connectivity index (χ2v) is 10.1. The van der Waals surface area contributed by atoms with Crippen LogP contribution >= 0.6 is 0 Å². The molecule has 2 aromatic carbocycles. The Bertz CT molecular complexity index is 1400. The van der Waals surface area contributed by atoms with Crippen LogP contribution < -0.4 is 4.74 Å². The molecule has 0 unspecified atom stereocenters. The number of carbonyl (C=O) groups excluding carboxylic acids is 1. The van der Waals surface area contributed by atoms with E-state index in [2.05, 4.69) is 44.7 Å². The normalized spacial score (nSPS) is 12.0. The predicted molar refractivity (Wildman–Crippen MR) is 151 cm³/mol. The van der Waals surface area contributed by atoms with Crippen LogP contribution in [0.1, 0.15) is 72.0 Å². The van der Waals surface area contributed by atoms with Crippen LogP contribution in [0.3, 0.4) is 0 Å². The number of pyridine rings is 1. The number of fused-ring (bicyclic) bond motifs is 1. The lowest BCUT2D eigenvalue weighted by atomic mass is 9.99. The van der Waals surface area contributed by atoms with Gasteiger partial charge in [-0.05, 0) is 78.8 Å². The van der Waals surface area contributed by atoms with E-state index < -0.39 is 5.97 Å². The first kappa shape index (κ1) is 26.9. The van der Waals surface area contributed by atoms with Gasteiger partial charge in [-0.2, -0.15) is 0 Å². The molecule has 0 aliphatic rings. The fourth-order valence-electron chi connectivity index (χ4n) is 4.77. The van der Waals surface area contributed by atoms with E-state index in [1.165, 1.54) is 5.56 Å². The molecule has 0 saturated heterocycles. The van der Waals surface area contributed by atoms with Crippen molar-refractivity contribution in [2.24, 2.45) is 5.92 Å². The lowest BCUT2D eigenvalue weighted by Crippen LogP contribution is -2.07. The van der Waals surface area contributed by atoms with Crippen molar-refractivity contribution in [3.05, 3.63) is 120 Å². The predicted octanol–water partition coefficient (Wildman–Crippen LogP) is 7.47. The number of carboxylic acids is 1. The molecule has 0 aliphatic carbocycles. The molecule has 4 aromatic rings. The molecule has 5 nitrogen and oxygen atoms in total. The summed E-state index contributed by atoms with van der Waals surface area (Å²) in [6.07, 6.45) is 6.52. The zero-order chi connectivity index (χ0) is 27.1. The number of hydrogen-bond donors (Lipinski definition) is 1. The van der Waals surface area contributed by atoms with Crippen LogP contribution in [0.15, 0.2) is 91.6 Å². The van der Waals surface area contributed by atoms with Gasteiger partial charge >= 0.3 is 5.97 Å². The number of carbonyl (C=O) groups is 2. The Labute approximate surface area is 224 Å². The van der Waals surface area contributed by atoms with E-state index in [1.807, 2.05) is 53.1 Å². The number of benzene rings is 2. The number of aliphatic carboxylic acids is 1. The molecule has 38 heavy (non-hydrogen) atoms. The van der Waals surface area contributed by atoms with Gasteiger partial charge in [-0.1, -0.05) is 50.3 Å². The standard InChI is InChI=1S/C33H35NO4/c1-4-8-31(25-14-12-24(13-15-25)21-23(2)3)38-28-18-16-26(17-19-28)33(37)29-22-27(9-7-11-32(35)36)34-20-6-5-10-30(29)34/h4-6,10,12-20,22-23,31H,1,7-9,11,21H2,2-3H3,(H,35,36)/t31-/m0/s1. The molecule has 1 N–H and O–H groups in total. The number of ether oxygens (including phenoxy) is 1. The van der Waals surface area contributed by atoms with Crippen LogP contribution in [0.5, 0.6) is 5.75 Å². The Kier molecular flexibility index (Phi) is 8.80. The van der Waals surface area contributed by atoms with Gasteiger partial charge in [0.15, 0.2) is 5.78 Å². The summed E-state index contributed by atoms with van der Waals surface area (Å²) in [6, 6.07) is 23.4. The second-order valence-electron chi connectivity index (χ2n) is 10.1. The average molecular weight is 510 g/mol. The van der Waals surface area contributed by atoms with E-state index in [0.29, 0.717) is 42.1 Å². The molecular weight excluding hydrogens is 474 g/mol. The summed E-state index contributed by atoms with van der Waals surface area (Å²) in [5.74, 6) is 0.405. The molecule has 0 aliphatic heterocycles. The highest BCUT2D eigenvalue weighted by molar-refractivity contribution is 6.13. The number of hydrogen-bond acceptors (Lipinski definition) is 3. The van der Waals surface area contributed by atoms with Crippen LogP contribution in [-0.4, -0.2) is 21.3 Å². The summed E-state index contributed by atoms with van der Waals surface area (Å²) in [6.45, 7) is 8.32. The number of aromatic nitrogens is 1. The Morgan fingerprint density at radius 3 is 2.42 bits per heavy atom. The van der Waals surface area contributed by atoms with Crippen LogP contribution in [0, 0.1) is 5.92 Å². The quantitative estimate of drug-likeness (QED) is 0.150. The SMILES string of the molecule is C=CC[C@H](Oc1ccc(C(=O)c2cc(CCCC(=O)O)n3ccccc23)cc1)c1ccc(CC(C)C)cc1. The van der Waals surface area contributed by atoms with E-state index in [0.717, 1.165) is 23.2 Å². The van der Waals surface area contributed by atoms with E-state index in [1.54, 1.807) is 12.1 Å². The van der Waals surface area contributed by atoms with Crippen molar-refractivity contribution in [1.29, 1.82) is 0 Å². The molecule has 0 amide bonds. The van der Waals surface area contributed by atoms with Crippen molar-refractivity contribution >= 4 is 17.3 Å². The molecule has 5 heteroatoms. The largest absolute Gasteiger partial charge is 0.485 e. The van der Waals surface area contributed by atoms with Crippen LogP contribution in [0.25, 0.3) is 5.52 Å². The van der Waals surface area contributed by atoms with Crippen LogP contribution in [-0.2, 0) is 17.6 Å². The number of rotatable bonds is 13. The first-order chi connectivity index (χ1) is 18.4. The third kappa shape index (κ3) is 6.60. The monoisotopic (exact) mass is 509 g/mol. The molecule has 0 radical (unpaired) electrons. The van der Waals surface area contributed by atoms with Crippen LogP contribution in [0.2, 0.25) is 0 Å². The van der Waals surface area contributed by atoms with Crippen molar-refractivity contribution in [2.75, 3.05) is 0 Å². The van der Waals surface area contributed by atoms with E-state index >= 15 is 0 Å². The second kappa shape index (κ2) is 12.4. The summed E-state index contributed by atoms with van der Waals surface area (Å²) < 4.78 is 8.28. The molecule has 4 rings (SSSR count). The summed E-state index contributed by atoms with van der Waals surface area (Å²) in [7, 11) is 0. The van der Waals surface area contributed by atoms with Crippen molar-refractivity contribution in [3.8, 4) is 5.75 Å². The topological polar surface area (TPSA) is 68.0 Å². The maximum Gasteiger partial charge on any atom is 0.303 e. The summed E-state index contributed by atoms with van der Waals surface area (Å²) in [4.78, 5) is 24.4. The van der Waals surface area contributed by atoms with Gasteiger partial charge in [0.2, 0.25) is 0 Å². The Hall–Kier alpha value is -4.12. The zero-order valence-corrected chi connectivity index (χ0v) is 22.1. The fourth-order valence-corrected chi connectivity index (χ4v) is 4.77. The Morgan fingerprint density at radius 1 is 1.03 bits per heavy atom. The average Bonchev–Trinajstić information content (AvgIpc) is 3.27. The third-order valence-electron chi connectivity index (χ3n) is 6.60. The van der Waals surface area contributed by atoms with Gasteiger partial charge in [-0.15, -0.1) is 6.58 Å². The maximum absolute atomic E-state index is 13.5. The number of aryl methyl sites for hydroxylation is 1. The molecule has 196 valence electrons. The summed E-state index contributed by atoms with van der Waals surface area (Å²) >= 11 is 0. The zero-order valence-electron chi connectivity index (χ0n) is 22.1. The first-order valence-corrected chi connectivity index (χ1v) is 13.2. The molecule has 2 aromatic heterocycles. The lowest BCUT2D eigenvalue weighted by Gasteiger charge is -2.19. The highest BCUT2D eigenvalue weighted by Crippen LogP contribution is 2.28. The fraction of sp³-hybridized carbons (Fsp3) is 0.273.